The molecule has 0 aliphatic rings. The molecule has 0 spiro atoms. The van der Waals surface area contributed by atoms with Crippen LogP contribution >= 0.6 is 11.6 Å². The second-order valence-corrected chi connectivity index (χ2v) is 3.25. The van der Waals surface area contributed by atoms with E-state index in [0.717, 1.165) is 0 Å². The van der Waals surface area contributed by atoms with Crippen LogP contribution in [0, 0.1) is 0 Å². The number of hydrogen-bond acceptors (Lipinski definition) is 2. The summed E-state index contributed by atoms with van der Waals surface area (Å²) in [5.41, 5.74) is 1.09. The fourth-order valence-corrected chi connectivity index (χ4v) is 1.37. The highest BCUT2D eigenvalue weighted by molar-refractivity contribution is 6.30. The van der Waals surface area contributed by atoms with E-state index < -0.39 is 0 Å². The second-order valence-electron chi connectivity index (χ2n) is 2.82. The lowest BCUT2D eigenvalue weighted by Crippen LogP contribution is -2.17. The van der Waals surface area contributed by atoms with Gasteiger partial charge in [-0.15, -0.1) is 0 Å². The highest BCUT2D eigenvalue weighted by atomic mass is 35.5. The molecular formula is C9H8ClN3O. The zero-order chi connectivity index (χ0) is 10.1. The molecule has 0 saturated heterocycles. The molecule has 2 aromatic rings. The summed E-state index contributed by atoms with van der Waals surface area (Å²) < 4.78 is 1.72. The van der Waals surface area contributed by atoms with Crippen LogP contribution in [0.3, 0.4) is 0 Å². The Kier molecular flexibility index (Phi) is 2.13. The molecule has 0 atom stereocenters. The Morgan fingerprint density at radius 3 is 3.00 bits per heavy atom. The lowest BCUT2D eigenvalue weighted by Gasteiger charge is -1.91. The molecule has 4 nitrogen and oxygen atoms in total. The standard InChI is InChI=1S/C9H8ClN3O/c1-11-9(14)7-5-13-4-6(10)2-3-8(13)12-7/h2-5H,1H3,(H,11,14). The topological polar surface area (TPSA) is 46.4 Å². The lowest BCUT2D eigenvalue weighted by molar-refractivity contribution is 0.0959. The van der Waals surface area contributed by atoms with Crippen molar-refractivity contribution in [1.82, 2.24) is 14.7 Å². The number of rotatable bonds is 1. The number of nitrogens with one attached hydrogen (secondary N) is 1. The zero-order valence-electron chi connectivity index (χ0n) is 7.49. The third-order valence-electron chi connectivity index (χ3n) is 1.87. The monoisotopic (exact) mass is 209 g/mol. The Bertz CT molecular complexity index is 492. The molecule has 0 unspecified atom stereocenters. The van der Waals surface area contributed by atoms with E-state index in [0.29, 0.717) is 16.4 Å². The summed E-state index contributed by atoms with van der Waals surface area (Å²) in [6, 6.07) is 3.49. The van der Waals surface area contributed by atoms with Crippen LogP contribution in [0.1, 0.15) is 10.5 Å². The Morgan fingerprint density at radius 2 is 2.29 bits per heavy atom. The lowest BCUT2D eigenvalue weighted by atomic mass is 10.4. The molecule has 5 heteroatoms. The summed E-state index contributed by atoms with van der Waals surface area (Å²) in [5, 5.41) is 3.12. The van der Waals surface area contributed by atoms with Gasteiger partial charge in [-0.2, -0.15) is 0 Å². The number of nitrogens with zero attached hydrogens (tertiary/aromatic N) is 2. The molecule has 2 rings (SSSR count). The van der Waals surface area contributed by atoms with Gasteiger partial charge in [0.05, 0.1) is 5.02 Å². The Balaban J connectivity index is 2.56. The van der Waals surface area contributed by atoms with E-state index in [4.69, 9.17) is 11.6 Å². The maximum Gasteiger partial charge on any atom is 0.271 e. The van der Waals surface area contributed by atoms with Crippen LogP contribution in [0.2, 0.25) is 5.02 Å². The molecule has 1 N–H and O–H groups in total. The molecule has 0 bridgehead atoms. The van der Waals surface area contributed by atoms with Gasteiger partial charge in [-0.3, -0.25) is 4.79 Å². The van der Waals surface area contributed by atoms with Gasteiger partial charge < -0.3 is 9.72 Å². The number of aromatic nitrogens is 2. The molecule has 72 valence electrons. The van der Waals surface area contributed by atoms with Gasteiger partial charge in [0.1, 0.15) is 11.3 Å². The fourth-order valence-electron chi connectivity index (χ4n) is 1.20. The van der Waals surface area contributed by atoms with Crippen molar-refractivity contribution in [1.29, 1.82) is 0 Å². The van der Waals surface area contributed by atoms with Crippen molar-refractivity contribution >= 4 is 23.2 Å². The largest absolute Gasteiger partial charge is 0.354 e. The van der Waals surface area contributed by atoms with Crippen molar-refractivity contribution in [2.24, 2.45) is 0 Å². The maximum absolute atomic E-state index is 11.2. The van der Waals surface area contributed by atoms with E-state index in [9.17, 15) is 4.79 Å². The van der Waals surface area contributed by atoms with Gasteiger partial charge in [-0.1, -0.05) is 11.6 Å². The second kappa shape index (κ2) is 3.31. The maximum atomic E-state index is 11.2. The average molecular weight is 210 g/mol. The quantitative estimate of drug-likeness (QED) is 0.771. The number of fused-ring (bicyclic) bond motifs is 1. The van der Waals surface area contributed by atoms with E-state index in [1.165, 1.54) is 0 Å². The summed E-state index contributed by atoms with van der Waals surface area (Å²) in [6.07, 6.45) is 3.34. The van der Waals surface area contributed by atoms with Crippen LogP contribution < -0.4 is 5.32 Å². The smallest absolute Gasteiger partial charge is 0.271 e. The molecular weight excluding hydrogens is 202 g/mol. The van der Waals surface area contributed by atoms with Crippen LogP contribution in [0.15, 0.2) is 24.5 Å². The van der Waals surface area contributed by atoms with Crippen molar-refractivity contribution in [3.05, 3.63) is 35.2 Å². The molecule has 2 heterocycles. The molecule has 1 amide bonds. The molecule has 0 radical (unpaired) electrons. The van der Waals surface area contributed by atoms with Gasteiger partial charge >= 0.3 is 0 Å². The molecule has 14 heavy (non-hydrogen) atoms. The van der Waals surface area contributed by atoms with Crippen molar-refractivity contribution in [3.63, 3.8) is 0 Å². The van der Waals surface area contributed by atoms with Crippen molar-refractivity contribution in [2.75, 3.05) is 7.05 Å². The van der Waals surface area contributed by atoms with E-state index in [1.807, 2.05) is 0 Å². The highest BCUT2D eigenvalue weighted by Crippen LogP contribution is 2.11. The minimum atomic E-state index is -0.204. The van der Waals surface area contributed by atoms with E-state index >= 15 is 0 Å². The van der Waals surface area contributed by atoms with Crippen LogP contribution in [-0.4, -0.2) is 22.3 Å². The van der Waals surface area contributed by atoms with Crippen LogP contribution in [0.4, 0.5) is 0 Å². The average Bonchev–Trinajstić information content (AvgIpc) is 2.59. The SMILES string of the molecule is CNC(=O)c1cn2cc(Cl)ccc2n1. The first kappa shape index (κ1) is 9.02. The summed E-state index contributed by atoms with van der Waals surface area (Å²) in [4.78, 5) is 15.4. The third kappa shape index (κ3) is 1.44. The van der Waals surface area contributed by atoms with Gasteiger partial charge in [-0.25, -0.2) is 4.98 Å². The van der Waals surface area contributed by atoms with Crippen LogP contribution in [0.25, 0.3) is 5.65 Å². The Hall–Kier alpha value is -1.55. The first-order valence-corrected chi connectivity index (χ1v) is 4.45. The minimum Gasteiger partial charge on any atom is -0.354 e. The molecule has 0 aromatic carbocycles. The normalized spacial score (nSPS) is 10.4. The summed E-state index contributed by atoms with van der Waals surface area (Å²) >= 11 is 5.79. The van der Waals surface area contributed by atoms with Crippen molar-refractivity contribution in [3.8, 4) is 0 Å². The van der Waals surface area contributed by atoms with Gasteiger partial charge in [-0.05, 0) is 12.1 Å². The third-order valence-corrected chi connectivity index (χ3v) is 2.10. The summed E-state index contributed by atoms with van der Waals surface area (Å²) in [5.74, 6) is -0.204. The highest BCUT2D eigenvalue weighted by Gasteiger charge is 2.08. The molecule has 0 fully saturated rings. The number of pyridine rings is 1. The van der Waals surface area contributed by atoms with Gasteiger partial charge in [0.25, 0.3) is 5.91 Å². The number of amides is 1. The molecule has 0 saturated carbocycles. The fraction of sp³-hybridized carbons (Fsp3) is 0.111. The summed E-state index contributed by atoms with van der Waals surface area (Å²) in [7, 11) is 1.57. The van der Waals surface area contributed by atoms with E-state index in [1.54, 1.807) is 36.0 Å². The van der Waals surface area contributed by atoms with Crippen molar-refractivity contribution in [2.45, 2.75) is 0 Å². The molecule has 0 aliphatic heterocycles. The Morgan fingerprint density at radius 1 is 1.50 bits per heavy atom. The number of imidazole rings is 1. The van der Waals surface area contributed by atoms with Gasteiger partial charge in [0, 0.05) is 19.4 Å². The minimum absolute atomic E-state index is 0.204. The first-order valence-electron chi connectivity index (χ1n) is 4.07. The Labute approximate surface area is 85.5 Å². The number of carbonyl (C=O) groups is 1. The molecule has 2 aromatic heterocycles. The van der Waals surface area contributed by atoms with Crippen LogP contribution in [-0.2, 0) is 0 Å². The van der Waals surface area contributed by atoms with Gasteiger partial charge in [0.2, 0.25) is 0 Å². The summed E-state index contributed by atoms with van der Waals surface area (Å²) in [6.45, 7) is 0. The van der Waals surface area contributed by atoms with E-state index in [-0.39, 0.29) is 5.91 Å². The van der Waals surface area contributed by atoms with Crippen molar-refractivity contribution < 1.29 is 4.79 Å². The number of halogens is 1. The molecule has 0 aliphatic carbocycles. The predicted molar refractivity (Wildman–Crippen MR) is 53.6 cm³/mol. The van der Waals surface area contributed by atoms with Crippen LogP contribution in [0.5, 0.6) is 0 Å². The van der Waals surface area contributed by atoms with Gasteiger partial charge in [0.15, 0.2) is 0 Å². The number of hydrogen-bond donors (Lipinski definition) is 1. The number of carbonyl (C=O) groups excluding carboxylic acids is 1. The predicted octanol–water partition coefficient (Wildman–Crippen LogP) is 1.35. The zero-order valence-corrected chi connectivity index (χ0v) is 8.25. The van der Waals surface area contributed by atoms with E-state index in [2.05, 4.69) is 10.3 Å². The first-order chi connectivity index (χ1) is 6.70.